The Hall–Kier alpha value is -2.41. The molecule has 1 aromatic heterocycles. The van der Waals surface area contributed by atoms with Crippen LogP contribution in [0.5, 0.6) is 0 Å². The van der Waals surface area contributed by atoms with Gasteiger partial charge in [0.15, 0.2) is 5.82 Å². The molecule has 1 heterocycles. The number of hydrogen-bond donors (Lipinski definition) is 1. The molecule has 0 saturated carbocycles. The summed E-state index contributed by atoms with van der Waals surface area (Å²) in [5.41, 5.74) is 0.801. The predicted molar refractivity (Wildman–Crippen MR) is 99.4 cm³/mol. The van der Waals surface area contributed by atoms with Gasteiger partial charge in [-0.1, -0.05) is 25.2 Å². The van der Waals surface area contributed by atoms with Crippen LogP contribution in [-0.4, -0.2) is 65.5 Å². The van der Waals surface area contributed by atoms with Crippen LogP contribution in [0.1, 0.15) is 6.92 Å². The molecule has 1 aliphatic rings. The highest BCUT2D eigenvalue weighted by atomic mass is 16.2. The van der Waals surface area contributed by atoms with E-state index in [2.05, 4.69) is 23.3 Å². The molecule has 0 radical (unpaired) electrons. The number of aryl methyl sites for hydroxylation is 1. The molecule has 0 aromatic carbocycles. The van der Waals surface area contributed by atoms with E-state index in [1.165, 1.54) is 4.57 Å². The Bertz CT molecular complexity index is 748. The SMILES string of the molecule is CC1C=C(C(C(=O)N(C)C)N(C)C)C=CC1Nc1nccn(C)c1=O. The first-order valence-electron chi connectivity index (χ1n) is 8.28. The number of likely N-dealkylation sites (N-methyl/N-ethyl adjacent to an activating group) is 2. The lowest BCUT2D eigenvalue weighted by atomic mass is 9.89. The molecule has 3 unspecified atom stereocenters. The Kier molecular flexibility index (Phi) is 5.79. The number of anilines is 1. The second-order valence-electron chi connectivity index (χ2n) is 6.85. The molecule has 7 heteroatoms. The van der Waals surface area contributed by atoms with Crippen LogP contribution in [0.2, 0.25) is 0 Å². The molecule has 1 aliphatic carbocycles. The highest BCUT2D eigenvalue weighted by molar-refractivity contribution is 5.85. The molecule has 0 spiro atoms. The van der Waals surface area contributed by atoms with Crippen LogP contribution in [0.3, 0.4) is 0 Å². The summed E-state index contributed by atoms with van der Waals surface area (Å²) in [4.78, 5) is 32.2. The summed E-state index contributed by atoms with van der Waals surface area (Å²) in [5.74, 6) is 0.485. The molecule has 7 nitrogen and oxygen atoms in total. The Morgan fingerprint density at radius 2 is 2.00 bits per heavy atom. The summed E-state index contributed by atoms with van der Waals surface area (Å²) in [7, 11) is 9.01. The minimum Gasteiger partial charge on any atom is -0.359 e. The number of nitrogens with one attached hydrogen (secondary N) is 1. The molecule has 25 heavy (non-hydrogen) atoms. The monoisotopic (exact) mass is 345 g/mol. The highest BCUT2D eigenvalue weighted by Gasteiger charge is 2.29. The van der Waals surface area contributed by atoms with Crippen molar-refractivity contribution in [3.8, 4) is 0 Å². The van der Waals surface area contributed by atoms with Gasteiger partial charge >= 0.3 is 0 Å². The van der Waals surface area contributed by atoms with Crippen LogP contribution in [0.4, 0.5) is 5.82 Å². The Morgan fingerprint density at radius 3 is 2.56 bits per heavy atom. The zero-order chi connectivity index (χ0) is 18.7. The number of carbonyl (C=O) groups is 1. The van der Waals surface area contributed by atoms with Gasteiger partial charge in [-0.05, 0) is 25.6 Å². The van der Waals surface area contributed by atoms with E-state index < -0.39 is 0 Å². The van der Waals surface area contributed by atoms with Gasteiger partial charge in [0.2, 0.25) is 5.91 Å². The molecule has 2 rings (SSSR count). The zero-order valence-electron chi connectivity index (χ0n) is 15.7. The molecule has 0 aliphatic heterocycles. The summed E-state index contributed by atoms with van der Waals surface area (Å²) in [6, 6.07) is -0.374. The van der Waals surface area contributed by atoms with E-state index in [9.17, 15) is 9.59 Å². The first-order valence-corrected chi connectivity index (χ1v) is 8.28. The second kappa shape index (κ2) is 7.65. The molecule has 1 amide bonds. The van der Waals surface area contributed by atoms with Gasteiger partial charge in [-0.2, -0.15) is 0 Å². The number of carbonyl (C=O) groups excluding carboxylic acids is 1. The van der Waals surface area contributed by atoms with Crippen molar-refractivity contribution in [1.29, 1.82) is 0 Å². The Morgan fingerprint density at radius 1 is 1.32 bits per heavy atom. The van der Waals surface area contributed by atoms with E-state index in [1.54, 1.807) is 38.4 Å². The lowest BCUT2D eigenvalue weighted by Crippen LogP contribution is -2.45. The normalized spacial score (nSPS) is 21.0. The molecule has 1 N–H and O–H groups in total. The topological polar surface area (TPSA) is 70.5 Å². The fraction of sp³-hybridized carbons (Fsp3) is 0.500. The van der Waals surface area contributed by atoms with E-state index in [0.29, 0.717) is 5.82 Å². The lowest BCUT2D eigenvalue weighted by molar-refractivity contribution is -0.132. The third kappa shape index (κ3) is 4.17. The highest BCUT2D eigenvalue weighted by Crippen LogP contribution is 2.23. The van der Waals surface area contributed by atoms with Crippen molar-refractivity contribution in [3.05, 3.63) is 46.5 Å². The van der Waals surface area contributed by atoms with Gasteiger partial charge < -0.3 is 14.8 Å². The molecule has 0 saturated heterocycles. The van der Waals surface area contributed by atoms with E-state index >= 15 is 0 Å². The average Bonchev–Trinajstić information content (AvgIpc) is 2.53. The smallest absolute Gasteiger partial charge is 0.293 e. The van der Waals surface area contributed by atoms with Crippen molar-refractivity contribution >= 4 is 11.7 Å². The van der Waals surface area contributed by atoms with E-state index in [0.717, 1.165) is 5.57 Å². The number of nitrogens with zero attached hydrogens (tertiary/aromatic N) is 4. The molecular formula is C18H27N5O2. The molecule has 1 aromatic rings. The number of amides is 1. The standard InChI is InChI=1S/C18H27N5O2/c1-12-11-13(15(21(2)3)17(24)22(4)5)7-8-14(12)20-16-18(25)23(6)10-9-19-16/h7-12,14-15H,1-6H3,(H,19,20). The van der Waals surface area contributed by atoms with Gasteiger partial charge in [0.05, 0.1) is 6.04 Å². The van der Waals surface area contributed by atoms with Crippen molar-refractivity contribution in [1.82, 2.24) is 19.4 Å². The first kappa shape index (κ1) is 18.9. The minimum atomic E-state index is -0.322. The predicted octanol–water partition coefficient (Wildman–Crippen LogP) is 0.711. The molecular weight excluding hydrogens is 318 g/mol. The number of hydrogen-bond acceptors (Lipinski definition) is 5. The zero-order valence-corrected chi connectivity index (χ0v) is 15.7. The van der Waals surface area contributed by atoms with Gasteiger partial charge in [-0.25, -0.2) is 4.98 Å². The van der Waals surface area contributed by atoms with Crippen molar-refractivity contribution < 1.29 is 4.79 Å². The minimum absolute atomic E-state index is 0.0399. The molecule has 136 valence electrons. The summed E-state index contributed by atoms with van der Waals surface area (Å²) in [5, 5.41) is 3.20. The third-order valence-electron chi connectivity index (χ3n) is 4.34. The van der Waals surface area contributed by atoms with E-state index in [-0.39, 0.29) is 29.5 Å². The van der Waals surface area contributed by atoms with Gasteiger partial charge in [0.1, 0.15) is 6.04 Å². The summed E-state index contributed by atoms with van der Waals surface area (Å²) in [6.45, 7) is 2.06. The van der Waals surface area contributed by atoms with Crippen molar-refractivity contribution in [2.75, 3.05) is 33.5 Å². The third-order valence-corrected chi connectivity index (χ3v) is 4.34. The molecule has 0 bridgehead atoms. The van der Waals surface area contributed by atoms with Crippen molar-refractivity contribution in [3.63, 3.8) is 0 Å². The summed E-state index contributed by atoms with van der Waals surface area (Å²) >= 11 is 0. The van der Waals surface area contributed by atoms with Crippen molar-refractivity contribution in [2.45, 2.75) is 19.0 Å². The molecule has 0 fully saturated rings. The number of rotatable bonds is 5. The summed E-state index contributed by atoms with van der Waals surface area (Å²) in [6.07, 6.45) is 9.25. The van der Waals surface area contributed by atoms with Gasteiger partial charge in [-0.15, -0.1) is 0 Å². The maximum Gasteiger partial charge on any atom is 0.293 e. The van der Waals surface area contributed by atoms with E-state index in [4.69, 9.17) is 0 Å². The first-order chi connectivity index (χ1) is 11.7. The van der Waals surface area contributed by atoms with E-state index in [1.807, 2.05) is 31.1 Å². The maximum absolute atomic E-state index is 12.5. The quantitative estimate of drug-likeness (QED) is 0.851. The van der Waals surface area contributed by atoms with Crippen LogP contribution >= 0.6 is 0 Å². The summed E-state index contributed by atoms with van der Waals surface area (Å²) < 4.78 is 1.49. The van der Waals surface area contributed by atoms with Gasteiger partial charge in [0, 0.05) is 33.5 Å². The maximum atomic E-state index is 12.5. The van der Waals surface area contributed by atoms with Crippen LogP contribution in [0.15, 0.2) is 41.0 Å². The number of aromatic nitrogens is 2. The fourth-order valence-corrected chi connectivity index (χ4v) is 2.88. The largest absolute Gasteiger partial charge is 0.359 e. The van der Waals surface area contributed by atoms with Crippen LogP contribution in [-0.2, 0) is 11.8 Å². The molecule has 3 atom stereocenters. The van der Waals surface area contributed by atoms with Crippen LogP contribution < -0.4 is 10.9 Å². The lowest BCUT2D eigenvalue weighted by Gasteiger charge is -2.31. The van der Waals surface area contributed by atoms with Crippen LogP contribution in [0, 0.1) is 5.92 Å². The Balaban J connectivity index is 2.20. The fourth-order valence-electron chi connectivity index (χ4n) is 2.88. The average molecular weight is 345 g/mol. The van der Waals surface area contributed by atoms with Gasteiger partial charge in [0.25, 0.3) is 5.56 Å². The van der Waals surface area contributed by atoms with Crippen molar-refractivity contribution in [2.24, 2.45) is 13.0 Å². The van der Waals surface area contributed by atoms with Crippen LogP contribution in [0.25, 0.3) is 0 Å². The Labute approximate surface area is 148 Å². The van der Waals surface area contributed by atoms with Gasteiger partial charge in [-0.3, -0.25) is 14.5 Å². The second-order valence-corrected chi connectivity index (χ2v) is 6.85.